The first-order chi connectivity index (χ1) is 20.2. The number of hydrogen-bond donors (Lipinski definition) is 0. The Balaban J connectivity index is 2.53. The fraction of sp³-hybridized carbons (Fsp3) is 0.844. The molecule has 0 aromatic carbocycles. The molecule has 0 saturated carbocycles. The Hall–Kier alpha value is -2.65. The molecule has 1 fully saturated rings. The number of esters is 4. The highest BCUT2D eigenvalue weighted by molar-refractivity contribution is 5.76. The minimum Gasteiger partial charge on any atom is -0.466 e. The fourth-order valence-corrected chi connectivity index (χ4v) is 5.10. The van der Waals surface area contributed by atoms with Crippen LogP contribution in [0.3, 0.4) is 0 Å². The van der Waals surface area contributed by atoms with E-state index in [0.29, 0.717) is 19.4 Å². The summed E-state index contributed by atoms with van der Waals surface area (Å²) in [4.78, 5) is 62.2. The van der Waals surface area contributed by atoms with Crippen molar-refractivity contribution in [2.45, 2.75) is 143 Å². The topological polar surface area (TPSA) is 126 Å². The van der Waals surface area contributed by atoms with Gasteiger partial charge in [-0.1, -0.05) is 78.1 Å². The van der Waals surface area contributed by atoms with E-state index in [9.17, 15) is 24.0 Å². The second-order valence-corrected chi connectivity index (χ2v) is 11.4. The molecule has 0 aliphatic carbocycles. The van der Waals surface area contributed by atoms with E-state index >= 15 is 0 Å². The number of amides is 1. The Labute approximate surface area is 252 Å². The average molecular weight is 598 g/mol. The maximum absolute atomic E-state index is 12.7. The molecule has 1 aliphatic heterocycles. The van der Waals surface area contributed by atoms with Gasteiger partial charge in [0, 0.05) is 26.2 Å². The smallest absolute Gasteiger partial charge is 0.306 e. The van der Waals surface area contributed by atoms with Crippen molar-refractivity contribution < 1.29 is 42.9 Å². The van der Waals surface area contributed by atoms with Gasteiger partial charge in [0.1, 0.15) is 13.2 Å². The molecule has 0 aromatic rings. The lowest BCUT2D eigenvalue weighted by Gasteiger charge is -2.47. The first-order valence-corrected chi connectivity index (χ1v) is 16.1. The Bertz CT molecular complexity index is 816. The number of unbranched alkanes of at least 4 members (excludes halogenated alkanes) is 10. The summed E-state index contributed by atoms with van der Waals surface area (Å²) in [6.45, 7) is 7.42. The highest BCUT2D eigenvalue weighted by Gasteiger charge is 2.41. The molecule has 242 valence electrons. The van der Waals surface area contributed by atoms with E-state index in [4.69, 9.17) is 18.9 Å². The van der Waals surface area contributed by atoms with Crippen LogP contribution in [0.15, 0.2) is 0 Å². The Morgan fingerprint density at radius 3 is 1.74 bits per heavy atom. The zero-order valence-corrected chi connectivity index (χ0v) is 26.5. The highest BCUT2D eigenvalue weighted by Crippen LogP contribution is 2.27. The van der Waals surface area contributed by atoms with Crippen LogP contribution in [0.5, 0.6) is 0 Å². The minimum atomic E-state index is -0.565. The molecule has 3 atom stereocenters. The van der Waals surface area contributed by atoms with Crippen LogP contribution in [0, 0.1) is 5.92 Å². The third kappa shape index (κ3) is 17.3. The third-order valence-corrected chi connectivity index (χ3v) is 7.50. The largest absolute Gasteiger partial charge is 0.466 e. The number of rotatable bonds is 24. The van der Waals surface area contributed by atoms with Gasteiger partial charge in [-0.15, -0.1) is 0 Å². The molecule has 1 amide bonds. The standard InChI is InChI=1S/C32H55NO9/c1-5-7-9-11-13-15-17-30(36)41-22-27(19-31(37)39-18-16-14-12-10-8-6-2)20-32(38)42-24-29-21-28(23-40-26(4)35)33(29)25(3)34/h27-29H,5-24H2,1-4H3. The van der Waals surface area contributed by atoms with Crippen LogP contribution < -0.4 is 0 Å². The van der Waals surface area contributed by atoms with E-state index in [1.54, 1.807) is 4.90 Å². The quantitative estimate of drug-likeness (QED) is 0.0785. The second-order valence-electron chi connectivity index (χ2n) is 11.4. The summed E-state index contributed by atoms with van der Waals surface area (Å²) in [6.07, 6.45) is 13.5. The van der Waals surface area contributed by atoms with E-state index in [1.807, 2.05) is 0 Å². The molecule has 1 heterocycles. The SMILES string of the molecule is CCCCCCCCOC(=O)CC(COC(=O)CCCCCCCC)CC(=O)OCC1CC(COC(C)=O)N1C(C)=O. The number of carbonyl (C=O) groups is 5. The van der Waals surface area contributed by atoms with Crippen molar-refractivity contribution in [1.82, 2.24) is 4.90 Å². The van der Waals surface area contributed by atoms with Gasteiger partial charge in [0.25, 0.3) is 0 Å². The summed E-state index contributed by atoms with van der Waals surface area (Å²) in [5.41, 5.74) is 0. The molecular weight excluding hydrogens is 542 g/mol. The van der Waals surface area contributed by atoms with Gasteiger partial charge in [0.15, 0.2) is 0 Å². The van der Waals surface area contributed by atoms with Crippen LogP contribution in [0.25, 0.3) is 0 Å². The Morgan fingerprint density at radius 1 is 0.643 bits per heavy atom. The summed E-state index contributed by atoms with van der Waals surface area (Å²) >= 11 is 0. The average Bonchev–Trinajstić information content (AvgIpc) is 2.91. The maximum atomic E-state index is 12.7. The second kappa shape index (κ2) is 22.9. The van der Waals surface area contributed by atoms with E-state index in [0.717, 1.165) is 44.9 Å². The predicted octanol–water partition coefficient (Wildman–Crippen LogP) is 5.68. The lowest BCUT2D eigenvalue weighted by Crippen LogP contribution is -2.61. The molecule has 0 bridgehead atoms. The minimum absolute atomic E-state index is 0.00199. The Morgan fingerprint density at radius 2 is 1.17 bits per heavy atom. The van der Waals surface area contributed by atoms with E-state index < -0.39 is 23.8 Å². The van der Waals surface area contributed by atoms with Gasteiger partial charge in [-0.3, -0.25) is 24.0 Å². The molecular formula is C32H55NO9. The zero-order chi connectivity index (χ0) is 31.2. The van der Waals surface area contributed by atoms with E-state index in [1.165, 1.54) is 46.0 Å². The molecule has 1 saturated heterocycles. The van der Waals surface area contributed by atoms with Crippen molar-refractivity contribution in [3.8, 4) is 0 Å². The highest BCUT2D eigenvalue weighted by atomic mass is 16.5. The third-order valence-electron chi connectivity index (χ3n) is 7.50. The molecule has 1 rings (SSSR count). The molecule has 0 N–H and O–H groups in total. The molecule has 0 aromatic heterocycles. The number of carbonyl (C=O) groups excluding carboxylic acids is 5. The van der Waals surface area contributed by atoms with Gasteiger partial charge >= 0.3 is 23.9 Å². The van der Waals surface area contributed by atoms with Gasteiger partial charge in [-0.05, 0) is 19.3 Å². The van der Waals surface area contributed by atoms with Crippen LogP contribution in [-0.2, 0) is 42.9 Å². The monoisotopic (exact) mass is 597 g/mol. The number of ether oxygens (including phenoxy) is 4. The molecule has 3 unspecified atom stereocenters. The lowest BCUT2D eigenvalue weighted by molar-refractivity contribution is -0.163. The van der Waals surface area contributed by atoms with Gasteiger partial charge in [-0.25, -0.2) is 0 Å². The molecule has 0 radical (unpaired) electrons. The maximum Gasteiger partial charge on any atom is 0.306 e. The van der Waals surface area contributed by atoms with Crippen LogP contribution in [0.2, 0.25) is 0 Å². The molecule has 42 heavy (non-hydrogen) atoms. The summed E-state index contributed by atoms with van der Waals surface area (Å²) in [5, 5.41) is 0. The fourth-order valence-electron chi connectivity index (χ4n) is 5.10. The first-order valence-electron chi connectivity index (χ1n) is 16.1. The van der Waals surface area contributed by atoms with Crippen molar-refractivity contribution in [3.63, 3.8) is 0 Å². The van der Waals surface area contributed by atoms with Gasteiger partial charge in [0.05, 0.1) is 38.1 Å². The van der Waals surface area contributed by atoms with Crippen molar-refractivity contribution in [2.24, 2.45) is 5.92 Å². The van der Waals surface area contributed by atoms with Crippen LogP contribution in [0.1, 0.15) is 130 Å². The van der Waals surface area contributed by atoms with Crippen LogP contribution in [-0.4, -0.2) is 73.2 Å². The summed E-state index contributed by atoms with van der Waals surface area (Å²) in [7, 11) is 0. The lowest BCUT2D eigenvalue weighted by atomic mass is 9.93. The van der Waals surface area contributed by atoms with E-state index in [2.05, 4.69) is 13.8 Å². The molecule has 10 nitrogen and oxygen atoms in total. The van der Waals surface area contributed by atoms with E-state index in [-0.39, 0.29) is 56.6 Å². The van der Waals surface area contributed by atoms with Gasteiger partial charge in [0.2, 0.25) is 5.91 Å². The summed E-state index contributed by atoms with van der Waals surface area (Å²) in [5.74, 6) is -2.48. The number of likely N-dealkylation sites (tertiary alicyclic amines) is 1. The Kier molecular flexibility index (Phi) is 20.4. The normalized spacial score (nSPS) is 16.7. The van der Waals surface area contributed by atoms with Crippen molar-refractivity contribution >= 4 is 29.8 Å². The first kappa shape index (κ1) is 37.4. The zero-order valence-electron chi connectivity index (χ0n) is 26.5. The number of nitrogens with zero attached hydrogens (tertiary/aromatic N) is 1. The van der Waals surface area contributed by atoms with Crippen LogP contribution >= 0.6 is 0 Å². The van der Waals surface area contributed by atoms with Gasteiger partial charge < -0.3 is 23.8 Å². The number of hydrogen-bond acceptors (Lipinski definition) is 9. The summed E-state index contributed by atoms with van der Waals surface area (Å²) < 4.78 is 21.3. The van der Waals surface area contributed by atoms with Crippen molar-refractivity contribution in [2.75, 3.05) is 26.4 Å². The van der Waals surface area contributed by atoms with Crippen molar-refractivity contribution in [1.29, 1.82) is 0 Å². The molecule has 10 heteroatoms. The predicted molar refractivity (Wildman–Crippen MR) is 158 cm³/mol. The van der Waals surface area contributed by atoms with Crippen molar-refractivity contribution in [3.05, 3.63) is 0 Å². The van der Waals surface area contributed by atoms with Gasteiger partial charge in [-0.2, -0.15) is 0 Å². The summed E-state index contributed by atoms with van der Waals surface area (Å²) in [6, 6.07) is -0.543. The van der Waals surface area contributed by atoms with Crippen LogP contribution in [0.4, 0.5) is 0 Å². The molecule has 1 aliphatic rings. The molecule has 0 spiro atoms.